The maximum atomic E-state index is 12.7. The predicted molar refractivity (Wildman–Crippen MR) is 149 cm³/mol. The highest BCUT2D eigenvalue weighted by Crippen LogP contribution is 2.38. The number of hydrogen-bond acceptors (Lipinski definition) is 7. The van der Waals surface area contributed by atoms with Gasteiger partial charge in [0, 0.05) is 44.9 Å². The van der Waals surface area contributed by atoms with Crippen LogP contribution in [0.3, 0.4) is 0 Å². The van der Waals surface area contributed by atoms with Crippen LogP contribution in [0.15, 0.2) is 24.3 Å². The Morgan fingerprint density at radius 2 is 1.27 bits per heavy atom. The zero-order chi connectivity index (χ0) is 29.1. The lowest BCUT2D eigenvalue weighted by Crippen LogP contribution is -2.35. The number of nitrogens with zero attached hydrogens (tertiary/aromatic N) is 2. The molecule has 1 atom stereocenters. The van der Waals surface area contributed by atoms with E-state index in [0.29, 0.717) is 68.8 Å². The maximum Gasteiger partial charge on any atom is 0.306 e. The number of fused-ring (bicyclic) bond motifs is 2. The summed E-state index contributed by atoms with van der Waals surface area (Å²) in [5, 5.41) is 9.12. The molecule has 1 fully saturated rings. The third-order valence-corrected chi connectivity index (χ3v) is 8.24. The third-order valence-electron chi connectivity index (χ3n) is 8.24. The van der Waals surface area contributed by atoms with E-state index in [0.717, 1.165) is 41.5 Å². The summed E-state index contributed by atoms with van der Waals surface area (Å²) in [4.78, 5) is 40.0. The van der Waals surface area contributed by atoms with Crippen LogP contribution in [0.5, 0.6) is 23.0 Å². The third kappa shape index (κ3) is 6.21. The number of carboxylic acids is 1. The minimum Gasteiger partial charge on any atom is -0.493 e. The molecule has 1 saturated carbocycles. The van der Waals surface area contributed by atoms with Crippen molar-refractivity contribution in [3.8, 4) is 23.0 Å². The molecule has 2 aromatic carbocycles. The molecule has 41 heavy (non-hydrogen) atoms. The van der Waals surface area contributed by atoms with Crippen LogP contribution in [0, 0.1) is 11.8 Å². The minimum atomic E-state index is -0.978. The van der Waals surface area contributed by atoms with Gasteiger partial charge >= 0.3 is 5.97 Å². The van der Waals surface area contributed by atoms with Crippen LogP contribution in [-0.4, -0.2) is 60.1 Å². The van der Waals surface area contributed by atoms with Gasteiger partial charge in [-0.15, -0.1) is 0 Å². The number of rotatable bonds is 12. The van der Waals surface area contributed by atoms with Gasteiger partial charge in [-0.2, -0.15) is 0 Å². The Balaban J connectivity index is 1.13. The van der Waals surface area contributed by atoms with Gasteiger partial charge in [0.15, 0.2) is 23.0 Å². The Hall–Kier alpha value is -3.95. The van der Waals surface area contributed by atoms with E-state index < -0.39 is 11.9 Å². The van der Waals surface area contributed by atoms with Crippen LogP contribution >= 0.6 is 0 Å². The van der Waals surface area contributed by atoms with Gasteiger partial charge in [0.2, 0.25) is 11.8 Å². The topological polar surface area (TPSA) is 115 Å². The number of carboxylic acid groups (broad SMARTS) is 1. The van der Waals surface area contributed by atoms with E-state index in [9.17, 15) is 14.4 Å². The van der Waals surface area contributed by atoms with E-state index >= 15 is 0 Å². The van der Waals surface area contributed by atoms with Gasteiger partial charge < -0.3 is 33.9 Å². The van der Waals surface area contributed by atoms with Crippen molar-refractivity contribution in [3.05, 3.63) is 46.5 Å². The van der Waals surface area contributed by atoms with Gasteiger partial charge in [0.1, 0.15) is 0 Å². The van der Waals surface area contributed by atoms with Crippen LogP contribution in [0.25, 0.3) is 0 Å². The lowest BCUT2D eigenvalue weighted by molar-refractivity contribution is -0.145. The molecule has 5 rings (SSSR count). The molecule has 2 heterocycles. The summed E-state index contributed by atoms with van der Waals surface area (Å²) in [6.45, 7) is 4.39. The number of hydrogen-bond donors (Lipinski definition) is 1. The minimum absolute atomic E-state index is 0.0321. The summed E-state index contributed by atoms with van der Waals surface area (Å²) in [6, 6.07) is 7.73. The van der Waals surface area contributed by atoms with Crippen molar-refractivity contribution in [2.24, 2.45) is 11.8 Å². The Labute approximate surface area is 240 Å². The van der Waals surface area contributed by atoms with Gasteiger partial charge in [-0.1, -0.05) is 13.3 Å². The summed E-state index contributed by atoms with van der Waals surface area (Å²) in [7, 11) is 3.19. The molecule has 0 spiro atoms. The average molecular weight is 567 g/mol. The molecule has 0 saturated heterocycles. The summed E-state index contributed by atoms with van der Waals surface area (Å²) < 4.78 is 23.2. The summed E-state index contributed by atoms with van der Waals surface area (Å²) in [6.07, 6.45) is 3.71. The SMILES string of the molecule is COc1cc2c(cc1OCCCOc1cc3c(cc1OC)CN(C(=O)C1CCC1)C3)CN(C(=O)C[C@H](C)C(=O)O)C2. The Kier molecular flexibility index (Phi) is 8.56. The highest BCUT2D eigenvalue weighted by Gasteiger charge is 2.33. The number of amides is 2. The van der Waals surface area contributed by atoms with E-state index in [-0.39, 0.29) is 24.2 Å². The Bertz CT molecular complexity index is 1320. The molecular weight excluding hydrogens is 528 g/mol. The number of ether oxygens (including phenoxy) is 4. The molecule has 2 aliphatic heterocycles. The van der Waals surface area contributed by atoms with Crippen molar-refractivity contribution >= 4 is 17.8 Å². The normalized spacial score (nSPS) is 16.5. The van der Waals surface area contributed by atoms with Crippen molar-refractivity contribution in [2.45, 2.75) is 65.2 Å². The molecular formula is C31H38N2O8. The molecule has 220 valence electrons. The molecule has 10 heteroatoms. The number of carbonyl (C=O) groups excluding carboxylic acids is 2. The second kappa shape index (κ2) is 12.3. The number of carbonyl (C=O) groups is 3. The van der Waals surface area contributed by atoms with Crippen molar-refractivity contribution < 1.29 is 38.4 Å². The fourth-order valence-corrected chi connectivity index (χ4v) is 5.50. The van der Waals surface area contributed by atoms with Crippen molar-refractivity contribution in [1.82, 2.24) is 9.80 Å². The monoisotopic (exact) mass is 566 g/mol. The lowest BCUT2D eigenvalue weighted by Gasteiger charge is -2.28. The molecule has 0 unspecified atom stereocenters. The van der Waals surface area contributed by atoms with Crippen LogP contribution in [0.4, 0.5) is 0 Å². The number of aliphatic carboxylic acids is 1. The Morgan fingerprint density at radius 1 is 0.805 bits per heavy atom. The van der Waals surface area contributed by atoms with Crippen LogP contribution in [0.1, 0.15) is 61.3 Å². The van der Waals surface area contributed by atoms with E-state index in [1.54, 1.807) is 19.1 Å². The maximum absolute atomic E-state index is 12.7. The van der Waals surface area contributed by atoms with Gasteiger partial charge in [-0.3, -0.25) is 14.4 Å². The molecule has 0 radical (unpaired) electrons. The van der Waals surface area contributed by atoms with Gasteiger partial charge in [-0.05, 0) is 59.4 Å². The second-order valence-electron chi connectivity index (χ2n) is 11.1. The summed E-state index contributed by atoms with van der Waals surface area (Å²) >= 11 is 0. The van der Waals surface area contributed by atoms with E-state index in [4.69, 9.17) is 24.1 Å². The summed E-state index contributed by atoms with van der Waals surface area (Å²) in [5.74, 6) is 1.02. The van der Waals surface area contributed by atoms with Gasteiger partial charge in [0.05, 0.1) is 33.4 Å². The largest absolute Gasteiger partial charge is 0.493 e. The first-order chi connectivity index (χ1) is 19.8. The zero-order valence-electron chi connectivity index (χ0n) is 23.9. The highest BCUT2D eigenvalue weighted by molar-refractivity contribution is 5.82. The molecule has 0 aromatic heterocycles. The molecule has 3 aliphatic rings. The van der Waals surface area contributed by atoms with Crippen LogP contribution in [-0.2, 0) is 40.6 Å². The fraction of sp³-hybridized carbons (Fsp3) is 0.516. The predicted octanol–water partition coefficient (Wildman–Crippen LogP) is 4.15. The molecule has 0 bridgehead atoms. The molecule has 2 aromatic rings. The highest BCUT2D eigenvalue weighted by atomic mass is 16.5. The fourth-order valence-electron chi connectivity index (χ4n) is 5.50. The lowest BCUT2D eigenvalue weighted by atomic mass is 9.84. The summed E-state index contributed by atoms with van der Waals surface area (Å²) in [5.41, 5.74) is 4.12. The molecule has 1 N–H and O–H groups in total. The smallest absolute Gasteiger partial charge is 0.306 e. The van der Waals surface area contributed by atoms with E-state index in [1.165, 1.54) is 6.92 Å². The standard InChI is InChI=1S/C31H38N2O8/c1-19(31(36)37)10-29(34)32-15-21-11-25(38-2)27(13-23(21)16-32)40-8-5-9-41-28-14-24-18-33(30(35)20-6-4-7-20)17-22(24)12-26(28)39-3/h11-14,19-20H,4-10,15-18H2,1-3H3,(H,36,37)/t19-/m0/s1. The van der Waals surface area contributed by atoms with Crippen LogP contribution in [0.2, 0.25) is 0 Å². The molecule has 1 aliphatic carbocycles. The average Bonchev–Trinajstić information content (AvgIpc) is 3.54. The van der Waals surface area contributed by atoms with Crippen molar-refractivity contribution in [3.63, 3.8) is 0 Å². The van der Waals surface area contributed by atoms with Crippen molar-refractivity contribution in [2.75, 3.05) is 27.4 Å². The first-order valence-electron chi connectivity index (χ1n) is 14.2. The molecule has 2 amide bonds. The van der Waals surface area contributed by atoms with Gasteiger partial charge in [0.25, 0.3) is 0 Å². The van der Waals surface area contributed by atoms with E-state index in [2.05, 4.69) is 0 Å². The first-order valence-corrected chi connectivity index (χ1v) is 14.2. The Morgan fingerprint density at radius 3 is 1.68 bits per heavy atom. The second-order valence-corrected chi connectivity index (χ2v) is 11.1. The van der Waals surface area contributed by atoms with Crippen molar-refractivity contribution in [1.29, 1.82) is 0 Å². The quantitative estimate of drug-likeness (QED) is 0.381. The molecule has 10 nitrogen and oxygen atoms in total. The first kappa shape index (κ1) is 28.6. The van der Waals surface area contributed by atoms with Crippen LogP contribution < -0.4 is 18.9 Å². The van der Waals surface area contributed by atoms with E-state index in [1.807, 2.05) is 29.2 Å². The number of methoxy groups -OCH3 is 2. The van der Waals surface area contributed by atoms with Gasteiger partial charge in [-0.25, -0.2) is 0 Å². The zero-order valence-corrected chi connectivity index (χ0v) is 23.9. The number of benzene rings is 2.